The van der Waals surface area contributed by atoms with Crippen LogP contribution in [0, 0.1) is 11.7 Å². The largest absolute Gasteiger partial charge is 0.344 e. The minimum Gasteiger partial charge on any atom is -0.344 e. The van der Waals surface area contributed by atoms with Gasteiger partial charge in [0, 0.05) is 12.5 Å². The summed E-state index contributed by atoms with van der Waals surface area (Å²) in [5, 5.41) is 9.49. The Kier molecular flexibility index (Phi) is 7.69. The molecule has 0 aliphatic carbocycles. The van der Waals surface area contributed by atoms with Crippen LogP contribution in [0.25, 0.3) is 0 Å². The molecule has 0 radical (unpaired) electrons. The number of thioether (sulfide) groups is 1. The first kappa shape index (κ1) is 23.9. The standard InChI is InChI=1S/C24H29FN4O2S/c1-16(2)21(27-17(3)30)23(31)29-24(13-8-14-26,19-10-5-4-6-11-19)32-22(28-29)18-9-7-12-20(25)15-18/h4-7,9-12,15-16,21H,8,13-14,26H2,1-3H3,(H,27,30)/t21-,24?/m0/s1. The topological polar surface area (TPSA) is 87.8 Å². The SMILES string of the molecule is CC(=O)N[C@H](C(=O)N1N=C(c2cccc(F)c2)SC1(CCCN)c1ccccc1)C(C)C. The summed E-state index contributed by atoms with van der Waals surface area (Å²) in [5.74, 6) is -1.12. The molecule has 0 spiro atoms. The maximum atomic E-state index is 14.0. The second kappa shape index (κ2) is 10.3. The monoisotopic (exact) mass is 456 g/mol. The minimum absolute atomic E-state index is 0.146. The summed E-state index contributed by atoms with van der Waals surface area (Å²) in [6.45, 7) is 5.60. The molecule has 1 unspecified atom stereocenters. The molecule has 0 saturated carbocycles. The van der Waals surface area contributed by atoms with Crippen molar-refractivity contribution in [1.29, 1.82) is 0 Å². The van der Waals surface area contributed by atoms with E-state index in [1.165, 1.54) is 35.8 Å². The third-order valence-electron chi connectivity index (χ3n) is 5.31. The van der Waals surface area contributed by atoms with Crippen LogP contribution in [-0.4, -0.2) is 34.5 Å². The fourth-order valence-corrected chi connectivity index (χ4v) is 5.15. The van der Waals surface area contributed by atoms with Gasteiger partial charge in [-0.1, -0.05) is 68.1 Å². The van der Waals surface area contributed by atoms with Gasteiger partial charge in [0.15, 0.2) is 0 Å². The van der Waals surface area contributed by atoms with Crippen LogP contribution in [0.1, 0.15) is 44.7 Å². The van der Waals surface area contributed by atoms with Crippen molar-refractivity contribution < 1.29 is 14.0 Å². The van der Waals surface area contributed by atoms with E-state index in [4.69, 9.17) is 10.8 Å². The van der Waals surface area contributed by atoms with Gasteiger partial charge >= 0.3 is 0 Å². The molecule has 1 heterocycles. The predicted octanol–water partition coefficient (Wildman–Crippen LogP) is 3.82. The molecule has 3 N–H and O–H groups in total. The molecule has 2 aromatic rings. The minimum atomic E-state index is -0.856. The Morgan fingerprint density at radius 2 is 1.91 bits per heavy atom. The Labute approximate surface area is 192 Å². The van der Waals surface area contributed by atoms with Crippen LogP contribution < -0.4 is 11.1 Å². The number of nitrogens with two attached hydrogens (primary N) is 1. The quantitative estimate of drug-likeness (QED) is 0.632. The molecule has 3 rings (SSSR count). The Morgan fingerprint density at radius 3 is 2.50 bits per heavy atom. The average Bonchev–Trinajstić information content (AvgIpc) is 3.17. The van der Waals surface area contributed by atoms with E-state index in [9.17, 15) is 14.0 Å². The number of amides is 2. The van der Waals surface area contributed by atoms with E-state index < -0.39 is 10.9 Å². The lowest BCUT2D eigenvalue weighted by molar-refractivity contribution is -0.140. The lowest BCUT2D eigenvalue weighted by atomic mass is 9.97. The normalized spacial score (nSPS) is 19.1. The fourth-order valence-electron chi connectivity index (χ4n) is 3.75. The molecule has 2 amide bonds. The number of halogens is 1. The molecule has 2 atom stereocenters. The lowest BCUT2D eigenvalue weighted by Crippen LogP contribution is -2.53. The van der Waals surface area contributed by atoms with Crippen molar-refractivity contribution >= 4 is 28.6 Å². The van der Waals surface area contributed by atoms with E-state index in [0.717, 1.165) is 5.56 Å². The highest BCUT2D eigenvalue weighted by Gasteiger charge is 2.50. The van der Waals surface area contributed by atoms with Gasteiger partial charge in [-0.05, 0) is 43.0 Å². The summed E-state index contributed by atoms with van der Waals surface area (Å²) in [4.78, 5) is 24.8. The van der Waals surface area contributed by atoms with Crippen LogP contribution in [0.4, 0.5) is 4.39 Å². The van der Waals surface area contributed by atoms with E-state index >= 15 is 0 Å². The van der Waals surface area contributed by atoms with Gasteiger partial charge in [-0.2, -0.15) is 5.10 Å². The van der Waals surface area contributed by atoms with Crippen LogP contribution in [0.3, 0.4) is 0 Å². The van der Waals surface area contributed by atoms with Gasteiger partial charge in [0.2, 0.25) is 5.91 Å². The van der Waals surface area contributed by atoms with Crippen LogP contribution in [0.15, 0.2) is 59.7 Å². The Balaban J connectivity index is 2.14. The van der Waals surface area contributed by atoms with E-state index in [0.29, 0.717) is 30.0 Å². The highest BCUT2D eigenvalue weighted by Crippen LogP contribution is 2.50. The lowest BCUT2D eigenvalue weighted by Gasteiger charge is -2.38. The zero-order valence-electron chi connectivity index (χ0n) is 18.5. The molecule has 1 aliphatic rings. The zero-order chi connectivity index (χ0) is 23.3. The zero-order valence-corrected chi connectivity index (χ0v) is 19.4. The van der Waals surface area contributed by atoms with Crippen molar-refractivity contribution in [3.05, 3.63) is 71.5 Å². The summed E-state index contributed by atoms with van der Waals surface area (Å²) in [6.07, 6.45) is 1.21. The van der Waals surface area contributed by atoms with Crippen molar-refractivity contribution in [3.8, 4) is 0 Å². The van der Waals surface area contributed by atoms with E-state index in [2.05, 4.69) is 5.32 Å². The summed E-state index contributed by atoms with van der Waals surface area (Å²) >= 11 is 1.42. The van der Waals surface area contributed by atoms with Crippen LogP contribution >= 0.6 is 11.8 Å². The number of hydrazone groups is 1. The van der Waals surface area contributed by atoms with Crippen LogP contribution in [0.2, 0.25) is 0 Å². The maximum absolute atomic E-state index is 14.0. The smallest absolute Gasteiger partial charge is 0.267 e. The number of carbonyl (C=O) groups is 2. The third kappa shape index (κ3) is 5.02. The van der Waals surface area contributed by atoms with Gasteiger partial charge in [0.05, 0.1) is 0 Å². The van der Waals surface area contributed by atoms with Crippen molar-refractivity contribution in [2.75, 3.05) is 6.54 Å². The molecule has 6 nitrogen and oxygen atoms in total. The molecule has 0 saturated heterocycles. The Hall–Kier alpha value is -2.71. The molecule has 2 aromatic carbocycles. The number of carbonyl (C=O) groups excluding carboxylic acids is 2. The first-order valence-electron chi connectivity index (χ1n) is 10.7. The van der Waals surface area contributed by atoms with Crippen LogP contribution in [0.5, 0.6) is 0 Å². The second-order valence-corrected chi connectivity index (χ2v) is 9.40. The molecule has 1 aliphatic heterocycles. The summed E-state index contributed by atoms with van der Waals surface area (Å²) in [7, 11) is 0. The highest BCUT2D eigenvalue weighted by atomic mass is 32.2. The van der Waals surface area contributed by atoms with Crippen molar-refractivity contribution in [1.82, 2.24) is 10.3 Å². The summed E-state index contributed by atoms with van der Waals surface area (Å²) in [6, 6.07) is 15.1. The number of benzene rings is 2. The number of hydrogen-bond acceptors (Lipinski definition) is 5. The molecule has 170 valence electrons. The van der Waals surface area contributed by atoms with E-state index in [1.807, 2.05) is 44.2 Å². The van der Waals surface area contributed by atoms with Crippen LogP contribution in [-0.2, 0) is 14.5 Å². The predicted molar refractivity (Wildman–Crippen MR) is 126 cm³/mol. The fraction of sp³-hybridized carbons (Fsp3) is 0.375. The molecular weight excluding hydrogens is 427 g/mol. The Bertz CT molecular complexity index is 999. The van der Waals surface area contributed by atoms with Crippen molar-refractivity contribution in [2.24, 2.45) is 16.8 Å². The van der Waals surface area contributed by atoms with E-state index in [-0.39, 0.29) is 23.5 Å². The van der Waals surface area contributed by atoms with Gasteiger partial charge in [-0.3, -0.25) is 9.59 Å². The highest BCUT2D eigenvalue weighted by molar-refractivity contribution is 8.15. The van der Waals surface area contributed by atoms with Gasteiger partial charge in [-0.15, -0.1) is 0 Å². The second-order valence-electron chi connectivity index (χ2n) is 8.13. The molecule has 32 heavy (non-hydrogen) atoms. The number of nitrogens with one attached hydrogen (secondary N) is 1. The molecule has 8 heteroatoms. The van der Waals surface area contributed by atoms with Crippen molar-refractivity contribution in [3.63, 3.8) is 0 Å². The maximum Gasteiger partial charge on any atom is 0.267 e. The van der Waals surface area contributed by atoms with E-state index in [1.54, 1.807) is 12.1 Å². The number of nitrogens with zero attached hydrogens (tertiary/aromatic N) is 2. The number of hydrogen-bond donors (Lipinski definition) is 2. The first-order valence-corrected chi connectivity index (χ1v) is 11.5. The van der Waals surface area contributed by atoms with Gasteiger partial charge in [-0.25, -0.2) is 9.40 Å². The van der Waals surface area contributed by atoms with Gasteiger partial charge < -0.3 is 11.1 Å². The average molecular weight is 457 g/mol. The molecule has 0 fully saturated rings. The molecule has 0 aromatic heterocycles. The first-order chi connectivity index (χ1) is 15.3. The van der Waals surface area contributed by atoms with Gasteiger partial charge in [0.1, 0.15) is 21.8 Å². The molecule has 0 bridgehead atoms. The van der Waals surface area contributed by atoms with Gasteiger partial charge in [0.25, 0.3) is 5.91 Å². The number of rotatable bonds is 8. The Morgan fingerprint density at radius 1 is 1.19 bits per heavy atom. The third-order valence-corrected chi connectivity index (χ3v) is 6.78. The summed E-state index contributed by atoms with van der Waals surface area (Å²) in [5.41, 5.74) is 7.34. The molecular formula is C24H29FN4O2S. The summed E-state index contributed by atoms with van der Waals surface area (Å²) < 4.78 is 14.0. The van der Waals surface area contributed by atoms with Crippen molar-refractivity contribution in [2.45, 2.75) is 44.5 Å².